The van der Waals surface area contributed by atoms with Gasteiger partial charge in [0, 0.05) is 25.8 Å². The van der Waals surface area contributed by atoms with Gasteiger partial charge in [-0.05, 0) is 112 Å². The molecule has 0 fully saturated rings. The Kier molecular flexibility index (Phi) is 13.9. The highest BCUT2D eigenvalue weighted by molar-refractivity contribution is 7.89. The van der Waals surface area contributed by atoms with Crippen LogP contribution < -0.4 is 20.1 Å². The molecule has 296 valence electrons. The highest BCUT2D eigenvalue weighted by Gasteiger charge is 2.32. The van der Waals surface area contributed by atoms with Crippen LogP contribution in [0.3, 0.4) is 0 Å². The quantitative estimate of drug-likeness (QED) is 0.151. The molecule has 15 heteroatoms. The number of aryl methyl sites for hydroxylation is 2. The van der Waals surface area contributed by atoms with Crippen molar-refractivity contribution >= 4 is 33.3 Å². The van der Waals surface area contributed by atoms with E-state index in [1.807, 2.05) is 38.1 Å². The van der Waals surface area contributed by atoms with Crippen LogP contribution in [0.1, 0.15) is 60.5 Å². The molecule has 1 aliphatic heterocycles. The van der Waals surface area contributed by atoms with Crippen LogP contribution in [-0.4, -0.2) is 81.2 Å². The first kappa shape index (κ1) is 41.2. The number of ether oxygens (including phenoxy) is 3. The lowest BCUT2D eigenvalue weighted by Crippen LogP contribution is -2.46. The second-order valence-corrected chi connectivity index (χ2v) is 16.0. The number of urea groups is 1. The third-order valence-corrected chi connectivity index (χ3v) is 11.7. The second-order valence-electron chi connectivity index (χ2n) is 14.0. The molecule has 0 bridgehead atoms. The van der Waals surface area contributed by atoms with E-state index in [0.29, 0.717) is 54.6 Å². The highest BCUT2D eigenvalue weighted by atomic mass is 32.2. The molecule has 3 aromatic carbocycles. The first-order chi connectivity index (χ1) is 26.3. The van der Waals surface area contributed by atoms with Crippen LogP contribution in [0.4, 0.5) is 20.6 Å². The number of benzene rings is 3. The minimum absolute atomic E-state index is 0.00597. The molecule has 0 aliphatic carbocycles. The van der Waals surface area contributed by atoms with Gasteiger partial charge in [-0.25, -0.2) is 21.9 Å². The first-order valence-corrected chi connectivity index (χ1v) is 19.7. The predicted octanol–water partition coefficient (Wildman–Crippen LogP) is 7.27. The van der Waals surface area contributed by atoms with Gasteiger partial charge in [0.15, 0.2) is 5.76 Å². The van der Waals surface area contributed by atoms with Crippen LogP contribution >= 0.6 is 0 Å². The molecule has 5 rings (SSSR count). The zero-order valence-electron chi connectivity index (χ0n) is 32.1. The van der Waals surface area contributed by atoms with E-state index in [0.717, 1.165) is 29.9 Å². The average Bonchev–Trinajstić information content (AvgIpc) is 3.48. The molecule has 0 spiro atoms. The fourth-order valence-corrected chi connectivity index (χ4v) is 7.76. The molecule has 55 heavy (non-hydrogen) atoms. The van der Waals surface area contributed by atoms with Crippen LogP contribution in [0.15, 0.2) is 76.1 Å². The maximum absolute atomic E-state index is 14.7. The number of carbonyl (C=O) groups excluding carboxylic acids is 2. The number of hydrogen-bond acceptors (Lipinski definition) is 9. The second kappa shape index (κ2) is 18.6. The topological polar surface area (TPSA) is 153 Å². The van der Waals surface area contributed by atoms with Crippen molar-refractivity contribution in [3.63, 3.8) is 0 Å². The van der Waals surface area contributed by atoms with E-state index in [4.69, 9.17) is 18.7 Å². The molecule has 3 atom stereocenters. The SMILES string of the molecule is COc1ccc(COC[C@H](C)N2C[C@@H](C)[C@H](CN(C)S(=O)(=O)c3ccc(F)cc3)CCCCOc3ccc(NC(=O)Nc4c(C)noc4C)cc3C2=O)cc1. The summed E-state index contributed by atoms with van der Waals surface area (Å²) >= 11 is 0. The lowest BCUT2D eigenvalue weighted by Gasteiger charge is -2.36. The van der Waals surface area contributed by atoms with Crippen LogP contribution in [0.25, 0.3) is 0 Å². The third kappa shape index (κ3) is 10.6. The Labute approximate surface area is 322 Å². The summed E-state index contributed by atoms with van der Waals surface area (Å²) in [5.41, 5.74) is 2.55. The van der Waals surface area contributed by atoms with Gasteiger partial charge >= 0.3 is 6.03 Å². The number of aromatic nitrogens is 1. The molecule has 1 aliphatic rings. The lowest BCUT2D eigenvalue weighted by atomic mass is 9.88. The zero-order valence-corrected chi connectivity index (χ0v) is 33.0. The fraction of sp³-hybridized carbons (Fsp3) is 0.425. The van der Waals surface area contributed by atoms with Gasteiger partial charge in [-0.3, -0.25) is 4.79 Å². The molecular formula is C40H50FN5O8S. The van der Waals surface area contributed by atoms with E-state index in [2.05, 4.69) is 15.8 Å². The number of methoxy groups -OCH3 is 1. The van der Waals surface area contributed by atoms with Gasteiger partial charge < -0.3 is 34.3 Å². The normalized spacial score (nSPS) is 17.4. The highest BCUT2D eigenvalue weighted by Crippen LogP contribution is 2.31. The molecule has 2 N–H and O–H groups in total. The van der Waals surface area contributed by atoms with Gasteiger partial charge in [-0.1, -0.05) is 24.2 Å². The summed E-state index contributed by atoms with van der Waals surface area (Å²) in [5.74, 6) is 0.439. The Hall–Kier alpha value is -4.99. The smallest absolute Gasteiger partial charge is 0.323 e. The molecule has 0 unspecified atom stereocenters. The van der Waals surface area contributed by atoms with Crippen molar-refractivity contribution in [2.75, 3.05) is 51.1 Å². The van der Waals surface area contributed by atoms with Crippen molar-refractivity contribution in [3.05, 3.63) is 95.1 Å². The lowest BCUT2D eigenvalue weighted by molar-refractivity contribution is 0.0345. The number of hydrogen-bond donors (Lipinski definition) is 2. The van der Waals surface area contributed by atoms with E-state index in [1.54, 1.807) is 44.1 Å². The zero-order chi connectivity index (χ0) is 39.7. The molecule has 4 aromatic rings. The minimum Gasteiger partial charge on any atom is -0.497 e. The van der Waals surface area contributed by atoms with E-state index >= 15 is 0 Å². The summed E-state index contributed by atoms with van der Waals surface area (Å²) in [7, 11) is -0.775. The largest absolute Gasteiger partial charge is 0.497 e. The molecule has 0 radical (unpaired) electrons. The van der Waals surface area contributed by atoms with Crippen LogP contribution in [0, 0.1) is 31.5 Å². The third-order valence-electron chi connectivity index (χ3n) is 9.85. The van der Waals surface area contributed by atoms with Crippen molar-refractivity contribution in [2.45, 2.75) is 64.5 Å². The maximum atomic E-state index is 14.7. The van der Waals surface area contributed by atoms with Crippen molar-refractivity contribution in [1.29, 1.82) is 0 Å². The van der Waals surface area contributed by atoms with Gasteiger partial charge in [0.2, 0.25) is 10.0 Å². The van der Waals surface area contributed by atoms with Crippen molar-refractivity contribution in [2.24, 2.45) is 11.8 Å². The Morgan fingerprint density at radius 1 is 1.07 bits per heavy atom. The van der Waals surface area contributed by atoms with Gasteiger partial charge in [0.05, 0.1) is 43.4 Å². The summed E-state index contributed by atoms with van der Waals surface area (Å²) < 4.78 is 64.7. The minimum atomic E-state index is -3.90. The number of anilines is 2. The van der Waals surface area contributed by atoms with Gasteiger partial charge in [0.25, 0.3) is 5.91 Å². The number of fused-ring (bicyclic) bond motifs is 1. The molecule has 2 heterocycles. The molecule has 3 amide bonds. The Morgan fingerprint density at radius 2 is 1.80 bits per heavy atom. The standard InChI is InChI=1S/C40H50FN5O8S/c1-26-22-46(27(2)24-52-25-30-10-15-34(51-6)16-11-30)39(47)36-21-33(42-40(48)43-38-28(3)44-54-29(38)4)14-19-37(36)53-20-8-7-9-31(26)23-45(5)55(49,50)35-17-12-32(41)13-18-35/h10-19,21,26-27,31H,7-9,20,22-25H2,1-6H3,(H2,42,43,48)/t26-,27+,31+/m1/s1. The number of amides is 3. The summed E-state index contributed by atoms with van der Waals surface area (Å²) in [5, 5.41) is 9.43. The van der Waals surface area contributed by atoms with Crippen LogP contribution in [0.5, 0.6) is 11.5 Å². The number of carbonyl (C=O) groups is 2. The number of rotatable bonds is 12. The number of halogens is 1. The summed E-state index contributed by atoms with van der Waals surface area (Å²) in [6.45, 7) is 8.66. The van der Waals surface area contributed by atoms with E-state index < -0.39 is 27.9 Å². The molecule has 13 nitrogen and oxygen atoms in total. The van der Waals surface area contributed by atoms with E-state index in [9.17, 15) is 22.4 Å². The van der Waals surface area contributed by atoms with Gasteiger partial charge in [-0.2, -0.15) is 0 Å². The van der Waals surface area contributed by atoms with Crippen molar-refractivity contribution in [1.82, 2.24) is 14.4 Å². The molecule has 1 aromatic heterocycles. The van der Waals surface area contributed by atoms with E-state index in [1.165, 1.54) is 23.5 Å². The number of nitrogens with one attached hydrogen (secondary N) is 2. The van der Waals surface area contributed by atoms with Crippen molar-refractivity contribution < 1.29 is 41.1 Å². The average molecular weight is 780 g/mol. The summed E-state index contributed by atoms with van der Waals surface area (Å²) in [6.07, 6.45) is 2.11. The predicted molar refractivity (Wildman–Crippen MR) is 206 cm³/mol. The maximum Gasteiger partial charge on any atom is 0.323 e. The van der Waals surface area contributed by atoms with Crippen LogP contribution in [-0.2, 0) is 21.4 Å². The van der Waals surface area contributed by atoms with E-state index in [-0.39, 0.29) is 47.9 Å². The molecule has 0 saturated heterocycles. The van der Waals surface area contributed by atoms with Gasteiger partial charge in [0.1, 0.15) is 28.7 Å². The molecular weight excluding hydrogens is 730 g/mol. The van der Waals surface area contributed by atoms with Crippen LogP contribution in [0.2, 0.25) is 0 Å². The number of nitrogens with zero attached hydrogens (tertiary/aromatic N) is 3. The first-order valence-electron chi connectivity index (χ1n) is 18.3. The van der Waals surface area contributed by atoms with Gasteiger partial charge in [-0.15, -0.1) is 0 Å². The van der Waals surface area contributed by atoms with Crippen molar-refractivity contribution in [3.8, 4) is 11.5 Å². The number of sulfonamides is 1. The summed E-state index contributed by atoms with van der Waals surface area (Å²) in [4.78, 5) is 29.5. The monoisotopic (exact) mass is 779 g/mol. The summed E-state index contributed by atoms with van der Waals surface area (Å²) in [6, 6.07) is 16.3. The fourth-order valence-electron chi connectivity index (χ4n) is 6.54. The molecule has 0 saturated carbocycles. The Bertz CT molecular complexity index is 2000. The Balaban J connectivity index is 1.40. The Morgan fingerprint density at radius 3 is 2.47 bits per heavy atom.